The van der Waals surface area contributed by atoms with Gasteiger partial charge in [0.15, 0.2) is 11.4 Å². The van der Waals surface area contributed by atoms with E-state index in [1.807, 2.05) is 0 Å². The Bertz CT molecular complexity index is 830. The van der Waals surface area contributed by atoms with Crippen LogP contribution >= 0.6 is 0 Å². The highest BCUT2D eigenvalue weighted by molar-refractivity contribution is 5.91. The van der Waals surface area contributed by atoms with Gasteiger partial charge in [0, 0.05) is 13.0 Å². The number of carbonyl (C=O) groups is 1. The quantitative estimate of drug-likeness (QED) is 0.796. The van der Waals surface area contributed by atoms with Gasteiger partial charge in [-0.15, -0.1) is 5.10 Å². The molecule has 1 aliphatic rings. The van der Waals surface area contributed by atoms with Crippen LogP contribution in [0.3, 0.4) is 0 Å². The number of amides is 1. The largest absolute Gasteiger partial charge is 0.419 e. The summed E-state index contributed by atoms with van der Waals surface area (Å²) in [6.07, 6.45) is -3.44. The maximum Gasteiger partial charge on any atom is 0.419 e. The molecule has 0 bridgehead atoms. The van der Waals surface area contributed by atoms with Crippen LogP contribution in [-0.4, -0.2) is 46.3 Å². The molecule has 0 aliphatic carbocycles. The smallest absolute Gasteiger partial charge is 0.378 e. The third-order valence-electron chi connectivity index (χ3n) is 4.07. The van der Waals surface area contributed by atoms with Crippen molar-refractivity contribution in [3.05, 3.63) is 47.0 Å². The highest BCUT2D eigenvalue weighted by atomic mass is 19.4. The number of aromatic nitrogens is 3. The first-order valence-corrected chi connectivity index (χ1v) is 7.97. The van der Waals surface area contributed by atoms with Gasteiger partial charge in [0.1, 0.15) is 5.82 Å². The molecule has 2 heterocycles. The highest BCUT2D eigenvalue weighted by Crippen LogP contribution is 2.32. The molecule has 1 N–H and O–H groups in total. The van der Waals surface area contributed by atoms with Crippen molar-refractivity contribution in [1.82, 2.24) is 20.3 Å². The first-order chi connectivity index (χ1) is 12.7. The molecule has 1 aromatic heterocycles. The maximum atomic E-state index is 14.1. The summed E-state index contributed by atoms with van der Waals surface area (Å²) in [5, 5.41) is 9.66. The lowest BCUT2D eigenvalue weighted by molar-refractivity contribution is -0.140. The van der Waals surface area contributed by atoms with E-state index in [9.17, 15) is 26.7 Å². The normalized spacial score (nSPS) is 20.0. The third-order valence-corrected chi connectivity index (χ3v) is 4.07. The van der Waals surface area contributed by atoms with Crippen LogP contribution in [0.2, 0.25) is 0 Å². The molecule has 1 atom stereocenters. The third kappa shape index (κ3) is 4.59. The molecule has 0 saturated carbocycles. The summed E-state index contributed by atoms with van der Waals surface area (Å²) in [5.41, 5.74) is -3.00. The van der Waals surface area contributed by atoms with Crippen LogP contribution in [0.4, 0.5) is 22.0 Å². The zero-order valence-electron chi connectivity index (χ0n) is 13.9. The SMILES string of the molecule is O=C(NCC1(F)CCOC1)c1cn(Cc2ccc(F)c(C(F)(F)F)c2)nn1. The number of carbonyl (C=O) groups excluding carboxylic acids is 1. The zero-order chi connectivity index (χ0) is 19.7. The van der Waals surface area contributed by atoms with Crippen LogP contribution in [-0.2, 0) is 17.5 Å². The monoisotopic (exact) mass is 390 g/mol. The van der Waals surface area contributed by atoms with Gasteiger partial charge in [0.05, 0.1) is 31.5 Å². The maximum absolute atomic E-state index is 14.1. The number of halogens is 5. The fraction of sp³-hybridized carbons (Fsp3) is 0.438. The summed E-state index contributed by atoms with van der Waals surface area (Å²) in [5.74, 6) is -2.04. The average Bonchev–Trinajstić information content (AvgIpc) is 3.23. The van der Waals surface area contributed by atoms with E-state index >= 15 is 0 Å². The predicted octanol–water partition coefficient (Wildman–Crippen LogP) is 2.34. The Labute approximate surface area is 150 Å². The number of nitrogens with one attached hydrogen (secondary N) is 1. The molecule has 1 fully saturated rings. The van der Waals surface area contributed by atoms with Crippen molar-refractivity contribution in [3.8, 4) is 0 Å². The molecule has 1 aromatic carbocycles. The molecular weight excluding hydrogens is 375 g/mol. The minimum absolute atomic E-state index is 0.105. The first-order valence-electron chi connectivity index (χ1n) is 7.97. The minimum atomic E-state index is -4.82. The molecule has 1 aliphatic heterocycles. The second-order valence-electron chi connectivity index (χ2n) is 6.25. The highest BCUT2D eigenvalue weighted by Gasteiger charge is 2.35. The molecule has 0 spiro atoms. The van der Waals surface area contributed by atoms with E-state index in [0.29, 0.717) is 12.1 Å². The molecule has 0 radical (unpaired) electrons. The molecule has 2 aromatic rings. The topological polar surface area (TPSA) is 69.0 Å². The Kier molecular flexibility index (Phi) is 5.13. The van der Waals surface area contributed by atoms with E-state index in [0.717, 1.165) is 4.68 Å². The Morgan fingerprint density at radius 2 is 2.15 bits per heavy atom. The number of rotatable bonds is 5. The van der Waals surface area contributed by atoms with Gasteiger partial charge in [-0.3, -0.25) is 4.79 Å². The standard InChI is InChI=1S/C16H15F5N4O2/c17-12-2-1-10(5-11(12)16(19,20)21)6-25-7-13(23-24-25)14(26)22-8-15(18)3-4-27-9-15/h1-2,5,7H,3-4,6,8-9H2,(H,22,26). The molecule has 1 unspecified atom stereocenters. The van der Waals surface area contributed by atoms with Crippen molar-refractivity contribution in [2.75, 3.05) is 19.8 Å². The molecule has 11 heteroatoms. The Morgan fingerprint density at radius 1 is 1.37 bits per heavy atom. The van der Waals surface area contributed by atoms with Crippen LogP contribution in [0.25, 0.3) is 0 Å². The van der Waals surface area contributed by atoms with E-state index in [2.05, 4.69) is 15.6 Å². The molecule has 27 heavy (non-hydrogen) atoms. The van der Waals surface area contributed by atoms with Crippen molar-refractivity contribution in [3.63, 3.8) is 0 Å². The first kappa shape index (κ1) is 19.2. The summed E-state index contributed by atoms with van der Waals surface area (Å²) < 4.78 is 71.8. The number of hydrogen-bond donors (Lipinski definition) is 1. The predicted molar refractivity (Wildman–Crippen MR) is 82.1 cm³/mol. The van der Waals surface area contributed by atoms with Gasteiger partial charge < -0.3 is 10.1 Å². The van der Waals surface area contributed by atoms with Crippen molar-refractivity contribution in [2.24, 2.45) is 0 Å². The van der Waals surface area contributed by atoms with Crippen molar-refractivity contribution < 1.29 is 31.5 Å². The lowest BCUT2D eigenvalue weighted by Crippen LogP contribution is -2.40. The van der Waals surface area contributed by atoms with Crippen LogP contribution in [0.15, 0.2) is 24.4 Å². The molecule has 146 valence electrons. The lowest BCUT2D eigenvalue weighted by atomic mass is 10.1. The Hall–Kier alpha value is -2.56. The number of alkyl halides is 4. The van der Waals surface area contributed by atoms with E-state index < -0.39 is 29.1 Å². The second kappa shape index (κ2) is 7.22. The minimum Gasteiger partial charge on any atom is -0.378 e. The lowest BCUT2D eigenvalue weighted by Gasteiger charge is -2.16. The van der Waals surface area contributed by atoms with Crippen LogP contribution < -0.4 is 5.32 Å². The van der Waals surface area contributed by atoms with Crippen molar-refractivity contribution in [1.29, 1.82) is 0 Å². The number of hydrogen-bond acceptors (Lipinski definition) is 4. The van der Waals surface area contributed by atoms with Gasteiger partial charge in [-0.2, -0.15) is 13.2 Å². The van der Waals surface area contributed by atoms with E-state index in [4.69, 9.17) is 4.74 Å². The van der Waals surface area contributed by atoms with Gasteiger partial charge >= 0.3 is 6.18 Å². The summed E-state index contributed by atoms with van der Waals surface area (Å²) in [6, 6.07) is 2.57. The summed E-state index contributed by atoms with van der Waals surface area (Å²) in [7, 11) is 0. The summed E-state index contributed by atoms with van der Waals surface area (Å²) in [4.78, 5) is 12.0. The van der Waals surface area contributed by atoms with E-state index in [1.165, 1.54) is 12.3 Å². The molecule has 3 rings (SSSR count). The van der Waals surface area contributed by atoms with Crippen LogP contribution in [0.5, 0.6) is 0 Å². The number of ether oxygens (including phenoxy) is 1. The summed E-state index contributed by atoms with van der Waals surface area (Å²) >= 11 is 0. The van der Waals surface area contributed by atoms with Crippen LogP contribution in [0.1, 0.15) is 28.0 Å². The average molecular weight is 390 g/mol. The zero-order valence-corrected chi connectivity index (χ0v) is 13.9. The fourth-order valence-electron chi connectivity index (χ4n) is 2.61. The second-order valence-corrected chi connectivity index (χ2v) is 6.25. The molecule has 1 amide bonds. The molecule has 1 saturated heterocycles. The fourth-order valence-corrected chi connectivity index (χ4v) is 2.61. The van der Waals surface area contributed by atoms with Crippen molar-refractivity contribution in [2.45, 2.75) is 24.8 Å². The summed E-state index contributed by atoms with van der Waals surface area (Å²) in [6.45, 7) is -0.220. The van der Waals surface area contributed by atoms with Gasteiger partial charge in [-0.05, 0) is 17.7 Å². The molecule has 6 nitrogen and oxygen atoms in total. The molecular formula is C16H15F5N4O2. The number of nitrogens with zero attached hydrogens (tertiary/aromatic N) is 3. The van der Waals surface area contributed by atoms with Gasteiger partial charge in [-0.25, -0.2) is 13.5 Å². The Morgan fingerprint density at radius 3 is 2.81 bits per heavy atom. The van der Waals surface area contributed by atoms with Gasteiger partial charge in [-0.1, -0.05) is 11.3 Å². The van der Waals surface area contributed by atoms with Crippen LogP contribution in [0, 0.1) is 5.82 Å². The van der Waals surface area contributed by atoms with Crippen molar-refractivity contribution >= 4 is 5.91 Å². The van der Waals surface area contributed by atoms with E-state index in [-0.39, 0.29) is 44.0 Å². The Balaban J connectivity index is 1.65. The van der Waals surface area contributed by atoms with E-state index in [1.54, 1.807) is 0 Å². The number of benzene rings is 1. The van der Waals surface area contributed by atoms with Gasteiger partial charge in [0.25, 0.3) is 5.91 Å². The van der Waals surface area contributed by atoms with Gasteiger partial charge in [0.2, 0.25) is 0 Å².